The highest BCUT2D eigenvalue weighted by Crippen LogP contribution is 2.47. The normalized spacial score (nSPS) is 30.3. The number of allylic oxidation sites excluding steroid dienone is 1. The predicted molar refractivity (Wildman–Crippen MR) is 72.3 cm³/mol. The Morgan fingerprint density at radius 1 is 1.35 bits per heavy atom. The number of likely N-dealkylation sites (tertiary alicyclic amines) is 1. The molecular formula is C16H16FNO2. The molecule has 20 heavy (non-hydrogen) atoms. The van der Waals surface area contributed by atoms with Gasteiger partial charge in [-0.2, -0.15) is 0 Å². The third-order valence-electron chi connectivity index (χ3n) is 4.43. The van der Waals surface area contributed by atoms with E-state index in [0.29, 0.717) is 18.5 Å². The summed E-state index contributed by atoms with van der Waals surface area (Å²) in [7, 11) is 0. The quantitative estimate of drug-likeness (QED) is 0.793. The molecule has 0 N–H and O–H groups in total. The number of nitrogens with zero attached hydrogens (tertiary/aromatic N) is 1. The van der Waals surface area contributed by atoms with Gasteiger partial charge in [0.05, 0.1) is 6.04 Å². The molecule has 0 bridgehead atoms. The molecule has 1 aromatic carbocycles. The molecule has 4 heteroatoms. The maximum Gasteiger partial charge on any atom is 0.258 e. The van der Waals surface area contributed by atoms with E-state index in [1.165, 1.54) is 0 Å². The van der Waals surface area contributed by atoms with Gasteiger partial charge in [0, 0.05) is 24.0 Å². The van der Waals surface area contributed by atoms with Gasteiger partial charge in [0.15, 0.2) is 6.17 Å². The fourth-order valence-corrected chi connectivity index (χ4v) is 3.05. The van der Waals surface area contributed by atoms with Crippen molar-refractivity contribution in [2.24, 2.45) is 11.8 Å². The lowest BCUT2D eigenvalue weighted by Gasteiger charge is -2.24. The Hall–Kier alpha value is -1.93. The largest absolute Gasteiger partial charge is 0.333 e. The summed E-state index contributed by atoms with van der Waals surface area (Å²) >= 11 is 0. The lowest BCUT2D eigenvalue weighted by atomic mass is 10.0. The smallest absolute Gasteiger partial charge is 0.258 e. The molecule has 1 aromatic rings. The highest BCUT2D eigenvalue weighted by Gasteiger charge is 2.52. The second-order valence-electron chi connectivity index (χ2n) is 5.58. The van der Waals surface area contributed by atoms with Crippen molar-refractivity contribution in [2.75, 3.05) is 6.54 Å². The molecule has 4 atom stereocenters. The van der Waals surface area contributed by atoms with Crippen molar-refractivity contribution in [2.45, 2.75) is 25.6 Å². The van der Waals surface area contributed by atoms with Crippen molar-refractivity contribution in [1.29, 1.82) is 0 Å². The Balaban J connectivity index is 1.78. The maximum atomic E-state index is 14.2. The molecule has 1 heterocycles. The van der Waals surface area contributed by atoms with E-state index in [1.807, 2.05) is 43.2 Å². The fourth-order valence-electron chi connectivity index (χ4n) is 3.05. The summed E-state index contributed by atoms with van der Waals surface area (Å²) in [4.78, 5) is 24.3. The van der Waals surface area contributed by atoms with E-state index in [4.69, 9.17) is 0 Å². The topological polar surface area (TPSA) is 37.4 Å². The van der Waals surface area contributed by atoms with Gasteiger partial charge in [-0.3, -0.25) is 4.79 Å². The minimum Gasteiger partial charge on any atom is -0.333 e. The Bertz CT molecular complexity index is 579. The maximum absolute atomic E-state index is 14.2. The van der Waals surface area contributed by atoms with Crippen molar-refractivity contribution in [3.8, 4) is 0 Å². The van der Waals surface area contributed by atoms with E-state index in [9.17, 15) is 14.0 Å². The van der Waals surface area contributed by atoms with Crippen LogP contribution >= 0.6 is 0 Å². The zero-order chi connectivity index (χ0) is 14.3. The minimum absolute atomic E-state index is 0.0839. The van der Waals surface area contributed by atoms with Gasteiger partial charge in [-0.15, -0.1) is 0 Å². The molecule has 2 aliphatic rings. The van der Waals surface area contributed by atoms with Crippen LogP contribution in [0.15, 0.2) is 35.9 Å². The second kappa shape index (κ2) is 4.88. The van der Waals surface area contributed by atoms with Crippen LogP contribution in [0.1, 0.15) is 24.9 Å². The van der Waals surface area contributed by atoms with E-state index in [2.05, 4.69) is 0 Å². The van der Waals surface area contributed by atoms with E-state index >= 15 is 0 Å². The molecule has 1 aliphatic carbocycles. The molecule has 104 valence electrons. The number of carbonyl (C=O) groups is 1. The summed E-state index contributed by atoms with van der Waals surface area (Å²) in [5.41, 5.74) is 1.62. The molecule has 1 saturated heterocycles. The predicted octanol–water partition coefficient (Wildman–Crippen LogP) is 2.32. The second-order valence-corrected chi connectivity index (χ2v) is 5.58. The van der Waals surface area contributed by atoms with Crippen LogP contribution in [0, 0.1) is 11.8 Å². The molecule has 0 radical (unpaired) electrons. The van der Waals surface area contributed by atoms with Gasteiger partial charge in [-0.05, 0) is 18.9 Å². The highest BCUT2D eigenvalue weighted by atomic mass is 19.1. The Kier molecular flexibility index (Phi) is 3.19. The van der Waals surface area contributed by atoms with E-state index in [-0.39, 0.29) is 17.9 Å². The van der Waals surface area contributed by atoms with Gasteiger partial charge >= 0.3 is 0 Å². The molecule has 1 saturated carbocycles. The molecular weight excluding hydrogens is 257 g/mol. The standard InChI is InChI=1S/C16H16FNO2/c1-10(11-5-3-2-4-6-11)18-8-14(15(17)16(18)20)13-7-12(13)9-19/h2-6,10,13-15H,7-8H2,1H3/t10?,13?,14-,15+/m1/s1. The zero-order valence-electron chi connectivity index (χ0n) is 11.3. The number of benzene rings is 1. The van der Waals surface area contributed by atoms with Crippen molar-refractivity contribution < 1.29 is 14.0 Å². The summed E-state index contributed by atoms with van der Waals surface area (Å²) in [6.07, 6.45) is -0.896. The van der Waals surface area contributed by atoms with Crippen LogP contribution in [0.2, 0.25) is 0 Å². The highest BCUT2D eigenvalue weighted by molar-refractivity contribution is 5.84. The van der Waals surface area contributed by atoms with Gasteiger partial charge in [-0.25, -0.2) is 9.18 Å². The average molecular weight is 273 g/mol. The van der Waals surface area contributed by atoms with Crippen LogP contribution in [0.5, 0.6) is 0 Å². The number of hydrogen-bond donors (Lipinski definition) is 0. The summed E-state index contributed by atoms with van der Waals surface area (Å²) in [5.74, 6) is 0.924. The van der Waals surface area contributed by atoms with Crippen LogP contribution in [-0.2, 0) is 9.59 Å². The van der Waals surface area contributed by atoms with E-state index in [0.717, 1.165) is 5.56 Å². The van der Waals surface area contributed by atoms with Crippen molar-refractivity contribution in [1.82, 2.24) is 4.90 Å². The minimum atomic E-state index is -1.49. The molecule has 3 rings (SSSR count). The molecule has 1 aliphatic heterocycles. The van der Waals surface area contributed by atoms with Gasteiger partial charge < -0.3 is 4.90 Å². The number of carbonyl (C=O) groups excluding carboxylic acids is 2. The first-order valence-electron chi connectivity index (χ1n) is 6.87. The molecule has 1 amide bonds. The van der Waals surface area contributed by atoms with Gasteiger partial charge in [0.1, 0.15) is 5.94 Å². The van der Waals surface area contributed by atoms with Gasteiger partial charge in [0.2, 0.25) is 0 Å². The van der Waals surface area contributed by atoms with Gasteiger partial charge in [-0.1, -0.05) is 30.3 Å². The van der Waals surface area contributed by atoms with Crippen LogP contribution in [0.3, 0.4) is 0 Å². The number of amides is 1. The SMILES string of the molecule is CC(c1ccccc1)N1C[C@H](C2CC2=C=O)[C@H](F)C1=O. The molecule has 0 spiro atoms. The first-order chi connectivity index (χ1) is 9.63. The van der Waals surface area contributed by atoms with E-state index in [1.54, 1.807) is 4.90 Å². The van der Waals surface area contributed by atoms with Crippen LogP contribution in [0.25, 0.3) is 0 Å². The first-order valence-corrected chi connectivity index (χ1v) is 6.87. The fraction of sp³-hybridized carbons (Fsp3) is 0.438. The molecule has 0 aromatic heterocycles. The molecule has 2 unspecified atom stereocenters. The van der Waals surface area contributed by atoms with Crippen LogP contribution < -0.4 is 0 Å². The average Bonchev–Trinajstić information content (AvgIpc) is 3.21. The Morgan fingerprint density at radius 2 is 2.05 bits per heavy atom. The lowest BCUT2D eigenvalue weighted by Crippen LogP contribution is -2.30. The third-order valence-corrected chi connectivity index (χ3v) is 4.43. The van der Waals surface area contributed by atoms with E-state index < -0.39 is 12.1 Å². The first kappa shape index (κ1) is 13.1. The number of alkyl halides is 1. The zero-order valence-corrected chi connectivity index (χ0v) is 11.3. The molecule has 3 nitrogen and oxygen atoms in total. The van der Waals surface area contributed by atoms with Crippen molar-refractivity contribution >= 4 is 11.8 Å². The Labute approximate surface area is 117 Å². The number of halogens is 1. The van der Waals surface area contributed by atoms with Crippen molar-refractivity contribution in [3.05, 3.63) is 41.5 Å². The number of rotatable bonds is 3. The summed E-state index contributed by atoms with van der Waals surface area (Å²) in [5, 5.41) is 0. The third kappa shape index (κ3) is 2.06. The summed E-state index contributed by atoms with van der Waals surface area (Å²) in [6.45, 7) is 2.29. The van der Waals surface area contributed by atoms with Gasteiger partial charge in [0.25, 0.3) is 5.91 Å². The molecule has 2 fully saturated rings. The van der Waals surface area contributed by atoms with Crippen LogP contribution in [-0.4, -0.2) is 29.5 Å². The van der Waals surface area contributed by atoms with Crippen LogP contribution in [0.4, 0.5) is 4.39 Å². The Morgan fingerprint density at radius 3 is 2.65 bits per heavy atom. The monoisotopic (exact) mass is 273 g/mol. The lowest BCUT2D eigenvalue weighted by molar-refractivity contribution is -0.133. The summed E-state index contributed by atoms with van der Waals surface area (Å²) in [6, 6.07) is 9.46. The van der Waals surface area contributed by atoms with Crippen molar-refractivity contribution in [3.63, 3.8) is 0 Å². The number of hydrogen-bond acceptors (Lipinski definition) is 2. The summed E-state index contributed by atoms with van der Waals surface area (Å²) < 4.78 is 14.2.